The molecule has 0 saturated carbocycles. The molecular formula is C66H38B2N2O2. The topological polar surface area (TPSA) is 28.3 Å². The number of aromatic nitrogens is 2. The molecule has 0 N–H and O–H groups in total. The average molecular weight is 913 g/mol. The minimum atomic E-state index is -0.132. The minimum Gasteiger partial charge on any atom is -0.458 e. The predicted molar refractivity (Wildman–Crippen MR) is 303 cm³/mol. The lowest BCUT2D eigenvalue weighted by Gasteiger charge is -2.37. The van der Waals surface area contributed by atoms with Crippen LogP contribution in [0.5, 0.6) is 23.0 Å². The van der Waals surface area contributed by atoms with Gasteiger partial charge in [-0.1, -0.05) is 188 Å². The van der Waals surface area contributed by atoms with E-state index in [0.717, 1.165) is 56.3 Å². The van der Waals surface area contributed by atoms with E-state index in [9.17, 15) is 0 Å². The molecule has 0 bridgehead atoms. The van der Waals surface area contributed by atoms with Crippen LogP contribution in [-0.2, 0) is 0 Å². The predicted octanol–water partition coefficient (Wildman–Crippen LogP) is 12.6. The molecular weight excluding hydrogens is 874 g/mol. The Morgan fingerprint density at radius 1 is 0.250 bits per heavy atom. The van der Waals surface area contributed by atoms with E-state index in [-0.39, 0.29) is 13.4 Å². The van der Waals surface area contributed by atoms with Gasteiger partial charge in [-0.25, -0.2) is 0 Å². The molecule has 0 radical (unpaired) electrons. The lowest BCUT2D eigenvalue weighted by atomic mass is 9.31. The van der Waals surface area contributed by atoms with Crippen molar-refractivity contribution >= 4 is 133 Å². The summed E-state index contributed by atoms with van der Waals surface area (Å²) >= 11 is 0. The fourth-order valence-corrected chi connectivity index (χ4v) is 13.5. The second-order valence-corrected chi connectivity index (χ2v) is 19.8. The van der Waals surface area contributed by atoms with Crippen LogP contribution in [0.4, 0.5) is 0 Å². The van der Waals surface area contributed by atoms with Gasteiger partial charge in [-0.15, -0.1) is 0 Å². The van der Waals surface area contributed by atoms with E-state index in [1.807, 2.05) is 0 Å². The van der Waals surface area contributed by atoms with E-state index >= 15 is 0 Å². The molecule has 4 aliphatic heterocycles. The average Bonchev–Trinajstić information content (AvgIpc) is 3.51. The zero-order chi connectivity index (χ0) is 46.8. The van der Waals surface area contributed by atoms with Gasteiger partial charge in [-0.3, -0.25) is 0 Å². The van der Waals surface area contributed by atoms with Crippen molar-refractivity contribution in [3.63, 3.8) is 0 Å². The summed E-state index contributed by atoms with van der Waals surface area (Å²) in [5.41, 5.74) is 14.0. The third-order valence-corrected chi connectivity index (χ3v) is 16.3. The van der Waals surface area contributed by atoms with Crippen molar-refractivity contribution < 1.29 is 9.47 Å². The monoisotopic (exact) mass is 912 g/mol. The van der Waals surface area contributed by atoms with E-state index < -0.39 is 0 Å². The number of fused-ring (bicyclic) bond motifs is 22. The van der Waals surface area contributed by atoms with E-state index in [2.05, 4.69) is 240 Å². The van der Waals surface area contributed by atoms with Crippen molar-refractivity contribution in [1.82, 2.24) is 9.13 Å². The lowest BCUT2D eigenvalue weighted by Crippen LogP contribution is -2.62. The molecule has 11 aromatic carbocycles. The van der Waals surface area contributed by atoms with Gasteiger partial charge in [0.15, 0.2) is 0 Å². The van der Waals surface area contributed by atoms with Crippen molar-refractivity contribution in [2.24, 2.45) is 0 Å². The number of rotatable bonds is 0. The molecule has 0 atom stereocenters. The fourth-order valence-electron chi connectivity index (χ4n) is 13.5. The summed E-state index contributed by atoms with van der Waals surface area (Å²) in [5, 5.41) is 14.5. The van der Waals surface area contributed by atoms with Crippen molar-refractivity contribution in [3.8, 4) is 34.4 Å². The van der Waals surface area contributed by atoms with Crippen LogP contribution in [0.2, 0.25) is 0 Å². The molecule has 72 heavy (non-hydrogen) atoms. The Bertz CT molecular complexity index is 4500. The molecule has 6 heteroatoms. The Hall–Kier alpha value is -9.25. The van der Waals surface area contributed by atoms with Crippen molar-refractivity contribution in [2.75, 3.05) is 0 Å². The zero-order valence-electron chi connectivity index (χ0n) is 38.8. The van der Waals surface area contributed by atoms with Gasteiger partial charge in [-0.2, -0.15) is 0 Å². The smallest absolute Gasteiger partial charge is 0.256 e. The van der Waals surface area contributed by atoms with Gasteiger partial charge >= 0.3 is 0 Å². The van der Waals surface area contributed by atoms with Crippen LogP contribution in [0.1, 0.15) is 0 Å². The lowest BCUT2D eigenvalue weighted by molar-refractivity contribution is 0.465. The van der Waals surface area contributed by atoms with Gasteiger partial charge in [0.1, 0.15) is 23.0 Å². The second-order valence-electron chi connectivity index (χ2n) is 19.8. The highest BCUT2D eigenvalue weighted by Gasteiger charge is 2.44. The van der Waals surface area contributed by atoms with Crippen molar-refractivity contribution in [1.29, 1.82) is 0 Å². The molecule has 17 rings (SSSR count). The number of nitrogens with zero attached hydrogens (tertiary/aromatic N) is 2. The second kappa shape index (κ2) is 14.2. The number of hydrogen-bond acceptors (Lipinski definition) is 2. The molecule has 4 aliphatic rings. The van der Waals surface area contributed by atoms with Crippen LogP contribution >= 0.6 is 0 Å². The SMILES string of the molecule is c1cc2c3c(c1)-n1c4ccccc4c4ccccc4c4ccccc4c4cccc(c41)B3c1cc3c(cc1O2)Oc1cccc2c1B3c1cccc3c4ccccc4c4ccccc4c4ccccc4n-2c13. The van der Waals surface area contributed by atoms with Crippen LogP contribution in [-0.4, -0.2) is 22.6 Å². The maximum atomic E-state index is 7.19. The fraction of sp³-hybridized carbons (Fsp3) is 0. The first-order chi connectivity index (χ1) is 35.8. The quantitative estimate of drug-likeness (QED) is 0.142. The Kier molecular flexibility index (Phi) is 7.60. The summed E-state index contributed by atoms with van der Waals surface area (Å²) < 4.78 is 19.4. The summed E-state index contributed by atoms with van der Waals surface area (Å²) in [6.45, 7) is -0.263. The van der Waals surface area contributed by atoms with Crippen molar-refractivity contribution in [2.45, 2.75) is 0 Å². The number of hydrogen-bond donors (Lipinski definition) is 0. The van der Waals surface area contributed by atoms with Gasteiger partial charge in [0.2, 0.25) is 0 Å². The maximum absolute atomic E-state index is 7.19. The van der Waals surface area contributed by atoms with Gasteiger partial charge in [-0.05, 0) is 112 Å². The van der Waals surface area contributed by atoms with Gasteiger partial charge < -0.3 is 18.6 Å². The first-order valence-electron chi connectivity index (χ1n) is 25.0. The van der Waals surface area contributed by atoms with E-state index in [0.29, 0.717) is 0 Å². The van der Waals surface area contributed by atoms with Gasteiger partial charge in [0.05, 0.1) is 11.0 Å². The van der Waals surface area contributed by atoms with E-state index in [4.69, 9.17) is 9.47 Å². The summed E-state index contributed by atoms with van der Waals surface area (Å²) in [6, 6.07) is 85.2. The van der Waals surface area contributed by atoms with Crippen LogP contribution in [0.3, 0.4) is 0 Å². The summed E-state index contributed by atoms with van der Waals surface area (Å²) in [7, 11) is 0. The number of benzene rings is 11. The summed E-state index contributed by atoms with van der Waals surface area (Å²) in [5.74, 6) is 3.38. The molecule has 4 nitrogen and oxygen atoms in total. The first-order valence-corrected chi connectivity index (χ1v) is 25.0. The van der Waals surface area contributed by atoms with E-state index in [1.54, 1.807) is 0 Å². The highest BCUT2D eigenvalue weighted by molar-refractivity contribution is 7.02. The Labute approximate surface area is 414 Å². The van der Waals surface area contributed by atoms with E-state index in [1.165, 1.54) is 97.5 Å². The van der Waals surface area contributed by atoms with Crippen LogP contribution in [0.15, 0.2) is 231 Å². The number of para-hydroxylation sites is 4. The zero-order valence-corrected chi connectivity index (χ0v) is 38.8. The van der Waals surface area contributed by atoms with Gasteiger partial charge in [0, 0.05) is 50.0 Å². The molecule has 6 heterocycles. The molecule has 0 amide bonds. The molecule has 0 fully saturated rings. The third-order valence-electron chi connectivity index (χ3n) is 16.3. The molecule has 0 aliphatic carbocycles. The summed E-state index contributed by atoms with van der Waals surface area (Å²) in [4.78, 5) is 0. The standard InChI is InChI=1S/C66H38B2N2O2/c1-5-21-43-39(17-1)41-19-3-7-23-45(41)49-27-13-29-51-65(49)69(55-31-11-9-25-47(43)55)57-33-15-35-59-63(57)67(51)53-37-54-62(38-61(53)71-59)72-60-36-16-34-58-64(60)68(54)52-30-14-28-50-46-24-8-4-20-42(46)40-18-2-6-22-44(40)48-26-10-12-32-56(48)70(58)66(50)52/h1-38H. The highest BCUT2D eigenvalue weighted by Crippen LogP contribution is 2.41. The molecule has 13 aromatic rings. The maximum Gasteiger partial charge on any atom is 0.256 e. The van der Waals surface area contributed by atoms with Crippen LogP contribution in [0.25, 0.3) is 98.1 Å². The molecule has 0 unspecified atom stereocenters. The Morgan fingerprint density at radius 2 is 0.569 bits per heavy atom. The first kappa shape index (κ1) is 38.6. The number of ether oxygens (including phenoxy) is 2. The molecule has 2 aromatic heterocycles. The Balaban J connectivity index is 1.01. The van der Waals surface area contributed by atoms with Crippen molar-refractivity contribution in [3.05, 3.63) is 231 Å². The summed E-state index contributed by atoms with van der Waals surface area (Å²) in [6.07, 6.45) is 0. The van der Waals surface area contributed by atoms with Crippen LogP contribution < -0.4 is 42.3 Å². The molecule has 0 spiro atoms. The Morgan fingerprint density at radius 3 is 0.972 bits per heavy atom. The highest BCUT2D eigenvalue weighted by atomic mass is 16.5. The molecule has 330 valence electrons. The van der Waals surface area contributed by atoms with Gasteiger partial charge in [0.25, 0.3) is 13.4 Å². The van der Waals surface area contributed by atoms with Crippen LogP contribution in [0, 0.1) is 0 Å². The largest absolute Gasteiger partial charge is 0.458 e. The normalized spacial score (nSPS) is 13.2. The third kappa shape index (κ3) is 4.98. The minimum absolute atomic E-state index is 0.132. The molecule has 0 saturated heterocycles.